The molecule has 3 fully saturated rings. The minimum atomic E-state index is -3.76. The van der Waals surface area contributed by atoms with Crippen LogP contribution in [0.2, 0.25) is 0 Å². The largest absolute Gasteiger partial charge is 0.333 e. The minimum Gasteiger partial charge on any atom is -0.258 e. The van der Waals surface area contributed by atoms with Crippen molar-refractivity contribution in [1.82, 2.24) is 0 Å². The van der Waals surface area contributed by atoms with Gasteiger partial charge in [0.05, 0.1) is 6.61 Å². The zero-order valence-electron chi connectivity index (χ0n) is 9.98. The topological polar surface area (TPSA) is 69.4 Å². The molecule has 16 heavy (non-hydrogen) atoms. The molecular weight excluding hydrogens is 226 g/mol. The highest BCUT2D eigenvalue weighted by atomic mass is 32.2. The zero-order valence-corrected chi connectivity index (χ0v) is 10.8. The molecule has 0 saturated heterocycles. The van der Waals surface area contributed by atoms with E-state index in [1.54, 1.807) is 0 Å². The molecule has 3 aliphatic carbocycles. The number of rotatable bonds is 4. The summed E-state index contributed by atoms with van der Waals surface area (Å²) in [4.78, 5) is 0. The SMILES string of the molecule is CC1(C)[C@H]2CC[C@H](CCOS(N)(=O)=O)[C@@H]1C2. The molecule has 3 rings (SSSR count). The van der Waals surface area contributed by atoms with Gasteiger partial charge < -0.3 is 0 Å². The third-order valence-corrected chi connectivity index (χ3v) is 5.23. The first-order valence-electron chi connectivity index (χ1n) is 5.98. The summed E-state index contributed by atoms with van der Waals surface area (Å²) in [6.45, 7) is 4.90. The third kappa shape index (κ3) is 2.26. The van der Waals surface area contributed by atoms with Crippen LogP contribution < -0.4 is 5.14 Å². The summed E-state index contributed by atoms with van der Waals surface area (Å²) in [6.07, 6.45) is 4.63. The first-order valence-corrected chi connectivity index (χ1v) is 7.45. The van der Waals surface area contributed by atoms with E-state index >= 15 is 0 Å². The molecular formula is C11H21NO3S. The van der Waals surface area contributed by atoms with Crippen LogP contribution in [0.15, 0.2) is 0 Å². The van der Waals surface area contributed by atoms with E-state index in [1.807, 2.05) is 0 Å². The van der Waals surface area contributed by atoms with Crippen molar-refractivity contribution in [3.05, 3.63) is 0 Å². The molecule has 0 aromatic carbocycles. The van der Waals surface area contributed by atoms with E-state index in [-0.39, 0.29) is 6.61 Å². The Kier molecular flexibility index (Phi) is 3.05. The molecule has 0 aromatic rings. The Morgan fingerprint density at radius 1 is 1.38 bits per heavy atom. The van der Waals surface area contributed by atoms with Gasteiger partial charge in [-0.05, 0) is 48.9 Å². The lowest BCUT2D eigenvalue weighted by Gasteiger charge is -2.60. The normalized spacial score (nSPS) is 36.8. The number of hydrogen-bond donors (Lipinski definition) is 1. The van der Waals surface area contributed by atoms with Gasteiger partial charge in [-0.15, -0.1) is 0 Å². The maximum Gasteiger partial charge on any atom is 0.333 e. The molecule has 3 saturated carbocycles. The monoisotopic (exact) mass is 247 g/mol. The van der Waals surface area contributed by atoms with Gasteiger partial charge >= 0.3 is 10.3 Å². The molecule has 5 heteroatoms. The summed E-state index contributed by atoms with van der Waals surface area (Å²) < 4.78 is 25.9. The second kappa shape index (κ2) is 3.96. The Morgan fingerprint density at radius 2 is 2.06 bits per heavy atom. The zero-order chi connectivity index (χ0) is 12.0. The lowest BCUT2D eigenvalue weighted by Crippen LogP contribution is -2.52. The van der Waals surface area contributed by atoms with E-state index in [9.17, 15) is 8.42 Å². The van der Waals surface area contributed by atoms with Crippen LogP contribution in [0, 0.1) is 23.2 Å². The molecule has 0 heterocycles. The van der Waals surface area contributed by atoms with E-state index in [2.05, 4.69) is 18.0 Å². The highest BCUT2D eigenvalue weighted by Gasteiger charge is 2.53. The van der Waals surface area contributed by atoms with Crippen LogP contribution in [0.25, 0.3) is 0 Å². The Hall–Kier alpha value is -0.130. The van der Waals surface area contributed by atoms with Crippen LogP contribution in [-0.2, 0) is 14.5 Å². The summed E-state index contributed by atoms with van der Waals surface area (Å²) in [5.41, 5.74) is 0.449. The Labute approximate surface area is 97.8 Å². The summed E-state index contributed by atoms with van der Waals surface area (Å²) in [7, 11) is -3.76. The van der Waals surface area contributed by atoms with Crippen LogP contribution in [0.5, 0.6) is 0 Å². The maximum absolute atomic E-state index is 10.6. The summed E-state index contributed by atoms with van der Waals surface area (Å²) in [6, 6.07) is 0. The molecule has 0 unspecified atom stereocenters. The van der Waals surface area contributed by atoms with Gasteiger partial charge in [0.2, 0.25) is 0 Å². The van der Waals surface area contributed by atoms with Crippen molar-refractivity contribution < 1.29 is 12.6 Å². The van der Waals surface area contributed by atoms with Crippen molar-refractivity contribution >= 4 is 10.3 Å². The second-order valence-electron chi connectivity index (χ2n) is 5.80. The lowest BCUT2D eigenvalue weighted by atomic mass is 9.45. The van der Waals surface area contributed by atoms with E-state index in [4.69, 9.17) is 5.14 Å². The molecule has 3 atom stereocenters. The molecule has 4 nitrogen and oxygen atoms in total. The molecule has 2 N–H and O–H groups in total. The highest BCUT2D eigenvalue weighted by Crippen LogP contribution is 2.61. The van der Waals surface area contributed by atoms with E-state index in [1.165, 1.54) is 19.3 Å². The Bertz CT molecular complexity index is 361. The van der Waals surface area contributed by atoms with Crippen LogP contribution >= 0.6 is 0 Å². The molecule has 0 aromatic heterocycles. The Balaban J connectivity index is 1.83. The third-order valence-electron chi connectivity index (χ3n) is 4.74. The van der Waals surface area contributed by atoms with Crippen molar-refractivity contribution in [2.45, 2.75) is 39.5 Å². The fourth-order valence-corrected chi connectivity index (χ4v) is 3.95. The van der Waals surface area contributed by atoms with Crippen molar-refractivity contribution in [3.63, 3.8) is 0 Å². The molecule has 0 amide bonds. The van der Waals surface area contributed by atoms with Gasteiger partial charge in [-0.2, -0.15) is 8.42 Å². The fourth-order valence-electron chi connectivity index (χ4n) is 3.62. The molecule has 2 bridgehead atoms. The number of fused-ring (bicyclic) bond motifs is 2. The van der Waals surface area contributed by atoms with E-state index in [0.717, 1.165) is 18.3 Å². The van der Waals surface area contributed by atoms with Gasteiger partial charge in [0.15, 0.2) is 0 Å². The van der Waals surface area contributed by atoms with Crippen LogP contribution in [0.3, 0.4) is 0 Å². The van der Waals surface area contributed by atoms with Gasteiger partial charge in [-0.1, -0.05) is 13.8 Å². The second-order valence-corrected chi connectivity index (χ2v) is 7.02. The number of hydrogen-bond acceptors (Lipinski definition) is 3. The first-order chi connectivity index (χ1) is 7.31. The summed E-state index contributed by atoms with van der Waals surface area (Å²) in [5.74, 6) is 2.24. The summed E-state index contributed by atoms with van der Waals surface area (Å²) >= 11 is 0. The van der Waals surface area contributed by atoms with Crippen molar-refractivity contribution in [1.29, 1.82) is 0 Å². The molecule has 0 spiro atoms. The van der Waals surface area contributed by atoms with Crippen molar-refractivity contribution in [2.75, 3.05) is 6.61 Å². The van der Waals surface area contributed by atoms with Gasteiger partial charge in [0, 0.05) is 0 Å². The number of nitrogens with two attached hydrogens (primary N) is 1. The van der Waals surface area contributed by atoms with Gasteiger partial charge in [-0.25, -0.2) is 5.14 Å². The average Bonchev–Trinajstić information content (AvgIpc) is 2.15. The standard InChI is InChI=1S/C11H21NO3S/c1-11(2)9-4-3-8(10(11)7-9)5-6-15-16(12,13)14/h8-10H,3-7H2,1-2H3,(H2,12,13,14)/t8-,9+,10+/m1/s1. The fraction of sp³-hybridized carbons (Fsp3) is 1.00. The van der Waals surface area contributed by atoms with E-state index in [0.29, 0.717) is 11.3 Å². The maximum atomic E-state index is 10.6. The average molecular weight is 247 g/mol. The predicted octanol–water partition coefficient (Wildman–Crippen LogP) is 1.67. The Morgan fingerprint density at radius 3 is 2.56 bits per heavy atom. The minimum absolute atomic E-state index is 0.237. The van der Waals surface area contributed by atoms with Gasteiger partial charge in [-0.3, -0.25) is 4.18 Å². The molecule has 0 radical (unpaired) electrons. The molecule has 3 aliphatic rings. The quantitative estimate of drug-likeness (QED) is 0.821. The van der Waals surface area contributed by atoms with Gasteiger partial charge in [0.1, 0.15) is 0 Å². The predicted molar refractivity (Wildman–Crippen MR) is 61.8 cm³/mol. The van der Waals surface area contributed by atoms with E-state index < -0.39 is 10.3 Å². The van der Waals surface area contributed by atoms with Crippen LogP contribution in [0.4, 0.5) is 0 Å². The molecule has 0 aliphatic heterocycles. The lowest BCUT2D eigenvalue weighted by molar-refractivity contribution is -0.108. The van der Waals surface area contributed by atoms with Crippen LogP contribution in [-0.4, -0.2) is 15.0 Å². The highest BCUT2D eigenvalue weighted by molar-refractivity contribution is 7.84. The van der Waals surface area contributed by atoms with Crippen LogP contribution in [0.1, 0.15) is 39.5 Å². The van der Waals surface area contributed by atoms with Crippen molar-refractivity contribution in [3.8, 4) is 0 Å². The summed E-state index contributed by atoms with van der Waals surface area (Å²) in [5, 5.41) is 4.80. The van der Waals surface area contributed by atoms with Gasteiger partial charge in [0.25, 0.3) is 0 Å². The van der Waals surface area contributed by atoms with Crippen molar-refractivity contribution in [2.24, 2.45) is 28.3 Å². The first kappa shape index (κ1) is 12.3. The smallest absolute Gasteiger partial charge is 0.258 e. The molecule has 94 valence electrons.